The summed E-state index contributed by atoms with van der Waals surface area (Å²) >= 11 is 0. The predicted octanol–water partition coefficient (Wildman–Crippen LogP) is 3.91. The molecule has 0 fully saturated rings. The average Bonchev–Trinajstić information content (AvgIpc) is 3.18. The smallest absolute Gasteiger partial charge is 0.242 e. The Morgan fingerprint density at radius 2 is 1.82 bits per heavy atom. The van der Waals surface area contributed by atoms with Gasteiger partial charge in [0.1, 0.15) is 12.3 Å². The van der Waals surface area contributed by atoms with E-state index >= 15 is 0 Å². The van der Waals surface area contributed by atoms with Crippen molar-refractivity contribution in [3.63, 3.8) is 0 Å². The minimum Gasteiger partial charge on any atom is -0.467 e. The number of amides is 2. The zero-order chi connectivity index (χ0) is 20.4. The zero-order valence-electron chi connectivity index (χ0n) is 16.8. The van der Waals surface area contributed by atoms with Crippen molar-refractivity contribution in [1.29, 1.82) is 0 Å². The highest BCUT2D eigenvalue weighted by atomic mass is 16.3. The lowest BCUT2D eigenvalue weighted by Crippen LogP contribution is -2.43. The standard InChI is InChI=1S/C23H30N2O3/c1-4-13-24(22(26)16-19(2)3)18-23(27)25(17-21-11-8-15-28-21)14-12-20-9-6-5-7-10-20/h4-11,15,19H,1,12-14,16-18H2,2-3H3. The number of nitrogens with zero attached hydrogens (tertiary/aromatic N) is 2. The zero-order valence-corrected chi connectivity index (χ0v) is 16.8. The second-order valence-electron chi connectivity index (χ2n) is 7.29. The number of hydrogen-bond acceptors (Lipinski definition) is 3. The molecule has 5 heteroatoms. The number of hydrogen-bond donors (Lipinski definition) is 0. The van der Waals surface area contributed by atoms with Gasteiger partial charge in [-0.3, -0.25) is 9.59 Å². The molecule has 0 atom stereocenters. The Kier molecular flexibility index (Phi) is 8.53. The molecule has 0 aliphatic heterocycles. The molecule has 1 aromatic heterocycles. The largest absolute Gasteiger partial charge is 0.467 e. The molecule has 2 aromatic rings. The summed E-state index contributed by atoms with van der Waals surface area (Å²) in [5.41, 5.74) is 1.17. The molecule has 0 saturated heterocycles. The number of rotatable bonds is 11. The van der Waals surface area contributed by atoms with Crippen molar-refractivity contribution in [2.75, 3.05) is 19.6 Å². The summed E-state index contributed by atoms with van der Waals surface area (Å²) in [5.74, 6) is 0.855. The Morgan fingerprint density at radius 1 is 1.07 bits per heavy atom. The molecule has 0 aliphatic carbocycles. The molecule has 0 aliphatic rings. The van der Waals surface area contributed by atoms with Crippen LogP contribution in [0.5, 0.6) is 0 Å². The molecule has 2 rings (SSSR count). The number of carbonyl (C=O) groups excluding carboxylic acids is 2. The Balaban J connectivity index is 2.07. The van der Waals surface area contributed by atoms with Crippen molar-refractivity contribution >= 4 is 11.8 Å². The minimum absolute atomic E-state index is 0.0238. The third kappa shape index (κ3) is 7.06. The maximum absolute atomic E-state index is 13.0. The first kappa shape index (κ1) is 21.5. The van der Waals surface area contributed by atoms with Crippen molar-refractivity contribution in [2.45, 2.75) is 33.2 Å². The fourth-order valence-corrected chi connectivity index (χ4v) is 2.94. The van der Waals surface area contributed by atoms with Crippen LogP contribution >= 0.6 is 0 Å². The number of benzene rings is 1. The van der Waals surface area contributed by atoms with Crippen molar-refractivity contribution in [1.82, 2.24) is 9.80 Å². The highest BCUT2D eigenvalue weighted by molar-refractivity contribution is 5.85. The van der Waals surface area contributed by atoms with Crippen LogP contribution in [-0.4, -0.2) is 41.2 Å². The molecule has 0 saturated carbocycles. The van der Waals surface area contributed by atoms with Gasteiger partial charge in [0.25, 0.3) is 0 Å². The lowest BCUT2D eigenvalue weighted by Gasteiger charge is -2.27. The lowest BCUT2D eigenvalue weighted by molar-refractivity contribution is -0.141. The summed E-state index contributed by atoms with van der Waals surface area (Å²) in [5, 5.41) is 0. The van der Waals surface area contributed by atoms with Gasteiger partial charge in [-0.15, -0.1) is 6.58 Å². The van der Waals surface area contributed by atoms with E-state index in [0.717, 1.165) is 12.2 Å². The Hall–Kier alpha value is -2.82. The maximum Gasteiger partial charge on any atom is 0.242 e. The van der Waals surface area contributed by atoms with Crippen LogP contribution < -0.4 is 0 Å². The van der Waals surface area contributed by atoms with Crippen LogP contribution in [0.4, 0.5) is 0 Å². The fraction of sp³-hybridized carbons (Fsp3) is 0.391. The summed E-state index contributed by atoms with van der Waals surface area (Å²) in [7, 11) is 0. The van der Waals surface area contributed by atoms with Crippen molar-refractivity contribution < 1.29 is 14.0 Å². The van der Waals surface area contributed by atoms with Crippen molar-refractivity contribution in [3.8, 4) is 0 Å². The molecule has 2 amide bonds. The van der Waals surface area contributed by atoms with Crippen LogP contribution in [0.3, 0.4) is 0 Å². The van der Waals surface area contributed by atoms with E-state index < -0.39 is 0 Å². The van der Waals surface area contributed by atoms with E-state index in [1.807, 2.05) is 56.3 Å². The minimum atomic E-state index is -0.0914. The van der Waals surface area contributed by atoms with Crippen LogP contribution in [-0.2, 0) is 22.6 Å². The first-order chi connectivity index (χ1) is 13.5. The van der Waals surface area contributed by atoms with Gasteiger partial charge in [0.15, 0.2) is 0 Å². The summed E-state index contributed by atoms with van der Waals surface area (Å²) in [6, 6.07) is 13.7. The quantitative estimate of drug-likeness (QED) is 0.554. The number of carbonyl (C=O) groups is 2. The first-order valence-electron chi connectivity index (χ1n) is 9.72. The molecular formula is C23H30N2O3. The molecule has 0 unspecified atom stereocenters. The van der Waals surface area contributed by atoms with Gasteiger partial charge in [-0.25, -0.2) is 0 Å². The average molecular weight is 383 g/mol. The van der Waals surface area contributed by atoms with E-state index in [1.54, 1.807) is 22.1 Å². The van der Waals surface area contributed by atoms with Gasteiger partial charge in [-0.05, 0) is 30.0 Å². The lowest BCUT2D eigenvalue weighted by atomic mass is 10.1. The highest BCUT2D eigenvalue weighted by Crippen LogP contribution is 2.10. The first-order valence-corrected chi connectivity index (χ1v) is 9.72. The van der Waals surface area contributed by atoms with Crippen LogP contribution in [0.2, 0.25) is 0 Å². The third-order valence-corrected chi connectivity index (χ3v) is 4.40. The monoisotopic (exact) mass is 382 g/mol. The SMILES string of the molecule is C=CCN(CC(=O)N(CCc1ccccc1)Cc1ccco1)C(=O)CC(C)C. The maximum atomic E-state index is 13.0. The van der Waals surface area contributed by atoms with Crippen LogP contribution in [0.25, 0.3) is 0 Å². The summed E-state index contributed by atoms with van der Waals surface area (Å²) in [4.78, 5) is 28.8. The summed E-state index contributed by atoms with van der Waals surface area (Å²) in [6.45, 7) is 9.07. The van der Waals surface area contributed by atoms with Crippen LogP contribution in [0, 0.1) is 5.92 Å². The van der Waals surface area contributed by atoms with E-state index in [4.69, 9.17) is 4.42 Å². The van der Waals surface area contributed by atoms with E-state index in [1.165, 1.54) is 5.56 Å². The van der Waals surface area contributed by atoms with Gasteiger partial charge in [0, 0.05) is 19.5 Å². The molecule has 5 nitrogen and oxygen atoms in total. The molecule has 0 N–H and O–H groups in total. The van der Waals surface area contributed by atoms with E-state index in [2.05, 4.69) is 6.58 Å². The van der Waals surface area contributed by atoms with Gasteiger partial charge in [0.2, 0.25) is 11.8 Å². The molecule has 1 aromatic carbocycles. The second kappa shape index (κ2) is 11.1. The van der Waals surface area contributed by atoms with Gasteiger partial charge in [0.05, 0.1) is 12.8 Å². The summed E-state index contributed by atoms with van der Waals surface area (Å²) < 4.78 is 5.43. The molecule has 1 heterocycles. The topological polar surface area (TPSA) is 53.8 Å². The van der Waals surface area contributed by atoms with Crippen molar-refractivity contribution in [2.24, 2.45) is 5.92 Å². The number of furan rings is 1. The molecular weight excluding hydrogens is 352 g/mol. The van der Waals surface area contributed by atoms with Crippen LogP contribution in [0.1, 0.15) is 31.6 Å². The Morgan fingerprint density at radius 3 is 2.43 bits per heavy atom. The van der Waals surface area contributed by atoms with E-state index in [9.17, 15) is 9.59 Å². The van der Waals surface area contributed by atoms with Gasteiger partial charge >= 0.3 is 0 Å². The van der Waals surface area contributed by atoms with Crippen molar-refractivity contribution in [3.05, 3.63) is 72.7 Å². The van der Waals surface area contributed by atoms with Crippen LogP contribution in [0.15, 0.2) is 65.8 Å². The molecule has 0 bridgehead atoms. The van der Waals surface area contributed by atoms with Gasteiger partial charge < -0.3 is 14.2 Å². The molecule has 0 spiro atoms. The molecule has 150 valence electrons. The Labute approximate surface area is 167 Å². The summed E-state index contributed by atoms with van der Waals surface area (Å²) in [6.07, 6.45) is 4.43. The molecule has 28 heavy (non-hydrogen) atoms. The van der Waals surface area contributed by atoms with E-state index in [-0.39, 0.29) is 24.3 Å². The van der Waals surface area contributed by atoms with Gasteiger partial charge in [-0.1, -0.05) is 50.3 Å². The fourth-order valence-electron chi connectivity index (χ4n) is 2.94. The molecule has 0 radical (unpaired) electrons. The third-order valence-electron chi connectivity index (χ3n) is 4.40. The predicted molar refractivity (Wildman–Crippen MR) is 111 cm³/mol. The Bertz CT molecular complexity index is 738. The highest BCUT2D eigenvalue weighted by Gasteiger charge is 2.22. The normalized spacial score (nSPS) is 10.7. The second-order valence-corrected chi connectivity index (χ2v) is 7.29. The van der Waals surface area contributed by atoms with Gasteiger partial charge in [-0.2, -0.15) is 0 Å². The van der Waals surface area contributed by atoms with E-state index in [0.29, 0.717) is 26.1 Å².